The first-order chi connectivity index (χ1) is 14.0. The summed E-state index contributed by atoms with van der Waals surface area (Å²) in [5.74, 6) is 1.01. The molecule has 1 aliphatic carbocycles. The van der Waals surface area contributed by atoms with Crippen LogP contribution in [0, 0.1) is 13.8 Å². The molecule has 0 bridgehead atoms. The molecule has 29 heavy (non-hydrogen) atoms. The van der Waals surface area contributed by atoms with E-state index >= 15 is 0 Å². The molecule has 0 radical (unpaired) electrons. The second kappa shape index (κ2) is 9.45. The Labute approximate surface area is 171 Å². The summed E-state index contributed by atoms with van der Waals surface area (Å²) in [6.07, 6.45) is 3.32. The number of carbonyl (C=O) groups is 2. The van der Waals surface area contributed by atoms with E-state index in [0.717, 1.165) is 36.1 Å². The van der Waals surface area contributed by atoms with Crippen molar-refractivity contribution in [2.24, 2.45) is 0 Å². The van der Waals surface area contributed by atoms with Crippen LogP contribution in [0.2, 0.25) is 0 Å². The number of nitrogens with one attached hydrogen (secondary N) is 2. The van der Waals surface area contributed by atoms with E-state index in [0.29, 0.717) is 12.2 Å². The van der Waals surface area contributed by atoms with Crippen molar-refractivity contribution in [3.8, 4) is 11.5 Å². The lowest BCUT2D eigenvalue weighted by Crippen LogP contribution is -2.44. The summed E-state index contributed by atoms with van der Waals surface area (Å²) < 4.78 is 10.8. The zero-order valence-electron chi connectivity index (χ0n) is 17.2. The van der Waals surface area contributed by atoms with E-state index in [9.17, 15) is 9.59 Å². The summed E-state index contributed by atoms with van der Waals surface area (Å²) in [7, 11) is 1.65. The van der Waals surface area contributed by atoms with Gasteiger partial charge in [-0.1, -0.05) is 12.1 Å². The van der Waals surface area contributed by atoms with E-state index in [1.165, 1.54) is 11.1 Å². The average Bonchev–Trinajstić information content (AvgIpc) is 2.73. The maximum Gasteiger partial charge on any atom is 0.276 e. The number of ether oxygens (including phenoxy) is 2. The van der Waals surface area contributed by atoms with Crippen molar-refractivity contribution < 1.29 is 19.1 Å². The van der Waals surface area contributed by atoms with Gasteiger partial charge in [-0.25, -0.2) is 0 Å². The minimum Gasteiger partial charge on any atom is -0.497 e. The SMILES string of the molecule is COc1ccc2c(c1)CCCC2CC(=O)NNC(=O)COc1ccc(C)c(C)c1. The fraction of sp³-hybridized carbons (Fsp3) is 0.391. The average molecular weight is 396 g/mol. The Morgan fingerprint density at radius 1 is 1.00 bits per heavy atom. The number of carbonyl (C=O) groups excluding carboxylic acids is 2. The van der Waals surface area contributed by atoms with Crippen LogP contribution in [-0.2, 0) is 16.0 Å². The zero-order valence-corrected chi connectivity index (χ0v) is 17.2. The number of benzene rings is 2. The van der Waals surface area contributed by atoms with E-state index in [1.54, 1.807) is 7.11 Å². The quantitative estimate of drug-likeness (QED) is 0.734. The van der Waals surface area contributed by atoms with E-state index in [-0.39, 0.29) is 18.4 Å². The van der Waals surface area contributed by atoms with Gasteiger partial charge in [0, 0.05) is 6.42 Å². The Bertz CT molecular complexity index is 894. The molecular weight excluding hydrogens is 368 g/mol. The van der Waals surface area contributed by atoms with Crippen LogP contribution in [0.25, 0.3) is 0 Å². The highest BCUT2D eigenvalue weighted by Gasteiger charge is 2.23. The Hall–Kier alpha value is -3.02. The van der Waals surface area contributed by atoms with Crippen molar-refractivity contribution >= 4 is 11.8 Å². The van der Waals surface area contributed by atoms with E-state index in [4.69, 9.17) is 9.47 Å². The van der Waals surface area contributed by atoms with Gasteiger partial charge >= 0.3 is 0 Å². The van der Waals surface area contributed by atoms with Crippen molar-refractivity contribution in [2.45, 2.75) is 45.4 Å². The zero-order chi connectivity index (χ0) is 20.8. The van der Waals surface area contributed by atoms with Gasteiger partial charge in [0.1, 0.15) is 11.5 Å². The molecule has 1 aliphatic rings. The molecule has 6 heteroatoms. The summed E-state index contributed by atoms with van der Waals surface area (Å²) in [4.78, 5) is 24.3. The Morgan fingerprint density at radius 2 is 1.76 bits per heavy atom. The van der Waals surface area contributed by atoms with Crippen molar-refractivity contribution in [3.63, 3.8) is 0 Å². The predicted octanol–water partition coefficient (Wildman–Crippen LogP) is 3.35. The number of aryl methyl sites for hydroxylation is 3. The molecule has 3 rings (SSSR count). The molecule has 2 aromatic rings. The molecule has 0 fully saturated rings. The minimum atomic E-state index is -0.398. The van der Waals surface area contributed by atoms with Gasteiger partial charge in [-0.15, -0.1) is 0 Å². The minimum absolute atomic E-state index is 0.147. The Balaban J connectivity index is 1.46. The van der Waals surface area contributed by atoms with Crippen LogP contribution in [0.15, 0.2) is 36.4 Å². The topological polar surface area (TPSA) is 76.7 Å². The molecule has 2 N–H and O–H groups in total. The Morgan fingerprint density at radius 3 is 2.52 bits per heavy atom. The van der Waals surface area contributed by atoms with Gasteiger partial charge in [0.25, 0.3) is 5.91 Å². The molecule has 0 saturated carbocycles. The molecule has 1 unspecified atom stereocenters. The lowest BCUT2D eigenvalue weighted by Gasteiger charge is -2.25. The third kappa shape index (κ3) is 5.50. The van der Waals surface area contributed by atoms with Crippen LogP contribution < -0.4 is 20.3 Å². The van der Waals surface area contributed by atoms with Crippen molar-refractivity contribution in [1.29, 1.82) is 0 Å². The first-order valence-corrected chi connectivity index (χ1v) is 9.91. The molecule has 0 saturated heterocycles. The number of methoxy groups -OCH3 is 1. The molecule has 0 heterocycles. The highest BCUT2D eigenvalue weighted by Crippen LogP contribution is 2.35. The van der Waals surface area contributed by atoms with Crippen LogP contribution in [0.5, 0.6) is 11.5 Å². The highest BCUT2D eigenvalue weighted by atomic mass is 16.5. The molecule has 1 atom stereocenters. The predicted molar refractivity (Wildman–Crippen MR) is 111 cm³/mol. The molecule has 0 aromatic heterocycles. The van der Waals surface area contributed by atoms with Gasteiger partial charge in [-0.3, -0.25) is 20.4 Å². The second-order valence-electron chi connectivity index (χ2n) is 7.49. The molecular formula is C23H28N2O4. The van der Waals surface area contributed by atoms with Gasteiger partial charge in [-0.2, -0.15) is 0 Å². The molecule has 0 aliphatic heterocycles. The number of amides is 2. The van der Waals surface area contributed by atoms with Crippen LogP contribution in [0.1, 0.15) is 47.4 Å². The maximum absolute atomic E-state index is 12.3. The van der Waals surface area contributed by atoms with Crippen molar-refractivity contribution in [2.75, 3.05) is 13.7 Å². The monoisotopic (exact) mass is 396 g/mol. The lowest BCUT2D eigenvalue weighted by atomic mass is 9.81. The lowest BCUT2D eigenvalue weighted by molar-refractivity contribution is -0.130. The molecule has 0 spiro atoms. The fourth-order valence-corrected chi connectivity index (χ4v) is 3.63. The van der Waals surface area contributed by atoms with Crippen molar-refractivity contribution in [1.82, 2.24) is 10.9 Å². The maximum atomic E-state index is 12.3. The largest absolute Gasteiger partial charge is 0.497 e. The first kappa shape index (κ1) is 20.7. The van der Waals surface area contributed by atoms with E-state index < -0.39 is 5.91 Å². The van der Waals surface area contributed by atoms with Gasteiger partial charge in [-0.05, 0) is 85.5 Å². The van der Waals surface area contributed by atoms with Gasteiger partial charge in [0.05, 0.1) is 7.11 Å². The second-order valence-corrected chi connectivity index (χ2v) is 7.49. The van der Waals surface area contributed by atoms with Crippen LogP contribution in [-0.4, -0.2) is 25.5 Å². The molecule has 2 aromatic carbocycles. The molecule has 2 amide bonds. The third-order valence-electron chi connectivity index (χ3n) is 5.41. The fourth-order valence-electron chi connectivity index (χ4n) is 3.63. The summed E-state index contributed by atoms with van der Waals surface area (Å²) in [6.45, 7) is 3.85. The smallest absolute Gasteiger partial charge is 0.276 e. The van der Waals surface area contributed by atoms with E-state index in [1.807, 2.05) is 50.2 Å². The number of hydrogen-bond acceptors (Lipinski definition) is 4. The molecule has 154 valence electrons. The Kier molecular flexibility index (Phi) is 6.75. The van der Waals surface area contributed by atoms with Gasteiger partial charge < -0.3 is 9.47 Å². The number of rotatable bonds is 6. The highest BCUT2D eigenvalue weighted by molar-refractivity contribution is 5.83. The van der Waals surface area contributed by atoms with Gasteiger partial charge in [0.2, 0.25) is 5.91 Å². The summed E-state index contributed by atoms with van der Waals surface area (Å²) in [5.41, 5.74) is 9.61. The van der Waals surface area contributed by atoms with Crippen LogP contribution in [0.4, 0.5) is 0 Å². The van der Waals surface area contributed by atoms with Crippen molar-refractivity contribution in [3.05, 3.63) is 58.7 Å². The summed E-state index contributed by atoms with van der Waals surface area (Å²) in [6, 6.07) is 11.7. The summed E-state index contributed by atoms with van der Waals surface area (Å²) in [5, 5.41) is 0. The third-order valence-corrected chi connectivity index (χ3v) is 5.41. The first-order valence-electron chi connectivity index (χ1n) is 9.91. The number of hydrogen-bond donors (Lipinski definition) is 2. The van der Waals surface area contributed by atoms with Crippen LogP contribution in [0.3, 0.4) is 0 Å². The standard InChI is InChI=1S/C23H28N2O4/c1-15-7-8-20(11-16(15)2)29-14-23(27)25-24-22(26)13-18-6-4-5-17-12-19(28-3)9-10-21(17)18/h7-12,18H,4-6,13-14H2,1-3H3,(H,24,26)(H,25,27). The van der Waals surface area contributed by atoms with E-state index in [2.05, 4.69) is 10.9 Å². The summed E-state index contributed by atoms with van der Waals surface area (Å²) >= 11 is 0. The number of fused-ring (bicyclic) bond motifs is 1. The molecule has 6 nitrogen and oxygen atoms in total. The van der Waals surface area contributed by atoms with Crippen LogP contribution >= 0.6 is 0 Å². The normalized spacial score (nSPS) is 15.2. The van der Waals surface area contributed by atoms with Gasteiger partial charge in [0.15, 0.2) is 6.61 Å². The number of hydrazine groups is 1.